The van der Waals surface area contributed by atoms with Crippen LogP contribution in [0, 0.1) is 0 Å². The molecule has 0 unspecified atom stereocenters. The number of anilines is 1. The highest BCUT2D eigenvalue weighted by Gasteiger charge is 2.15. The summed E-state index contributed by atoms with van der Waals surface area (Å²) in [5, 5.41) is 16.5. The number of aliphatic carboxylic acids is 1. The maximum absolute atomic E-state index is 9.89. The van der Waals surface area contributed by atoms with E-state index in [4.69, 9.17) is 21.1 Å². The number of carbonyl (C=O) groups excluding carboxylic acids is 1. The van der Waals surface area contributed by atoms with Crippen LogP contribution in [0.25, 0.3) is 10.9 Å². The SMILES string of the molecule is Nc1c2c(nc3ccccc13)CCCC2.O=C(O)C=CC(=O)OO. The number of aromatic nitrogens is 1. The van der Waals surface area contributed by atoms with Gasteiger partial charge in [0.2, 0.25) is 0 Å². The Morgan fingerprint density at radius 1 is 1.17 bits per heavy atom. The topological polar surface area (TPSA) is 123 Å². The van der Waals surface area contributed by atoms with Crippen LogP contribution >= 0.6 is 0 Å². The minimum atomic E-state index is -1.28. The van der Waals surface area contributed by atoms with E-state index in [0.717, 1.165) is 29.4 Å². The zero-order chi connectivity index (χ0) is 17.5. The van der Waals surface area contributed by atoms with Gasteiger partial charge in [-0.1, -0.05) is 18.2 Å². The fourth-order valence-corrected chi connectivity index (χ4v) is 2.58. The van der Waals surface area contributed by atoms with E-state index in [1.165, 1.54) is 24.1 Å². The Kier molecular flexibility index (Phi) is 5.86. The van der Waals surface area contributed by atoms with Crippen LogP contribution in [0.4, 0.5) is 5.69 Å². The number of carbonyl (C=O) groups is 2. The van der Waals surface area contributed by atoms with E-state index in [1.54, 1.807) is 0 Å². The largest absolute Gasteiger partial charge is 0.478 e. The molecule has 3 rings (SSSR count). The van der Waals surface area contributed by atoms with E-state index >= 15 is 0 Å². The molecule has 1 aromatic carbocycles. The van der Waals surface area contributed by atoms with Crippen molar-refractivity contribution in [1.82, 2.24) is 4.98 Å². The van der Waals surface area contributed by atoms with Gasteiger partial charge in [-0.2, -0.15) is 5.26 Å². The van der Waals surface area contributed by atoms with Crippen LogP contribution in [0.2, 0.25) is 0 Å². The zero-order valence-electron chi connectivity index (χ0n) is 12.9. The van der Waals surface area contributed by atoms with Crippen molar-refractivity contribution in [3.05, 3.63) is 47.7 Å². The van der Waals surface area contributed by atoms with Gasteiger partial charge < -0.3 is 10.8 Å². The zero-order valence-corrected chi connectivity index (χ0v) is 12.9. The normalized spacial score (nSPS) is 13.0. The minimum Gasteiger partial charge on any atom is -0.478 e. The molecule has 0 saturated heterocycles. The van der Waals surface area contributed by atoms with E-state index in [-0.39, 0.29) is 0 Å². The molecule has 0 spiro atoms. The molecule has 0 radical (unpaired) electrons. The van der Waals surface area contributed by atoms with E-state index in [0.29, 0.717) is 12.2 Å². The van der Waals surface area contributed by atoms with Gasteiger partial charge in [-0.05, 0) is 37.3 Å². The summed E-state index contributed by atoms with van der Waals surface area (Å²) in [5.74, 6) is -2.39. The third-order valence-corrected chi connectivity index (χ3v) is 3.67. The number of hydrogen-bond donors (Lipinski definition) is 3. The molecule has 0 fully saturated rings. The predicted octanol–water partition coefficient (Wildman–Crippen LogP) is 2.34. The number of aryl methyl sites for hydroxylation is 1. The van der Waals surface area contributed by atoms with Crippen LogP contribution in [-0.4, -0.2) is 27.3 Å². The first kappa shape index (κ1) is 17.4. The van der Waals surface area contributed by atoms with Gasteiger partial charge in [0.15, 0.2) is 0 Å². The number of pyridine rings is 1. The van der Waals surface area contributed by atoms with Gasteiger partial charge >= 0.3 is 11.9 Å². The Morgan fingerprint density at radius 3 is 2.58 bits per heavy atom. The highest BCUT2D eigenvalue weighted by atomic mass is 17.1. The number of rotatable bonds is 2. The third-order valence-electron chi connectivity index (χ3n) is 3.67. The Morgan fingerprint density at radius 2 is 1.88 bits per heavy atom. The van der Waals surface area contributed by atoms with Crippen molar-refractivity contribution in [2.75, 3.05) is 5.73 Å². The number of carboxylic acids is 1. The second kappa shape index (κ2) is 8.07. The number of carboxylic acid groups (broad SMARTS) is 1. The second-order valence-electron chi connectivity index (χ2n) is 5.26. The van der Waals surface area contributed by atoms with Crippen molar-refractivity contribution in [3.8, 4) is 0 Å². The number of fused-ring (bicyclic) bond motifs is 2. The molecular weight excluding hydrogens is 312 g/mol. The first-order valence-corrected chi connectivity index (χ1v) is 7.45. The number of nitrogens with two attached hydrogens (primary N) is 1. The van der Waals surface area contributed by atoms with Crippen LogP contribution in [0.15, 0.2) is 36.4 Å². The molecule has 7 heteroatoms. The molecule has 4 N–H and O–H groups in total. The van der Waals surface area contributed by atoms with Gasteiger partial charge in [0.25, 0.3) is 0 Å². The monoisotopic (exact) mass is 330 g/mol. The maximum Gasteiger partial charge on any atom is 0.365 e. The number of hydrogen-bond acceptors (Lipinski definition) is 6. The summed E-state index contributed by atoms with van der Waals surface area (Å²) in [7, 11) is 0. The Bertz CT molecular complexity index is 786. The molecule has 0 atom stereocenters. The number of nitrogen functional groups attached to an aromatic ring is 1. The van der Waals surface area contributed by atoms with E-state index in [9.17, 15) is 9.59 Å². The van der Waals surface area contributed by atoms with Crippen molar-refractivity contribution in [3.63, 3.8) is 0 Å². The lowest BCUT2D eigenvalue weighted by molar-refractivity contribution is -0.228. The van der Waals surface area contributed by atoms with Crippen LogP contribution in [-0.2, 0) is 27.3 Å². The van der Waals surface area contributed by atoms with Crippen molar-refractivity contribution < 1.29 is 24.8 Å². The summed E-state index contributed by atoms with van der Waals surface area (Å²) in [5.41, 5.74) is 10.7. The van der Waals surface area contributed by atoms with E-state index < -0.39 is 11.9 Å². The average molecular weight is 330 g/mol. The van der Waals surface area contributed by atoms with Gasteiger partial charge in [0.1, 0.15) is 0 Å². The van der Waals surface area contributed by atoms with Gasteiger partial charge in [-0.3, -0.25) is 9.87 Å². The molecule has 0 amide bonds. The molecule has 126 valence electrons. The summed E-state index contributed by atoms with van der Waals surface area (Å²) < 4.78 is 0. The van der Waals surface area contributed by atoms with Crippen LogP contribution in [0.5, 0.6) is 0 Å². The van der Waals surface area contributed by atoms with Crippen molar-refractivity contribution in [2.24, 2.45) is 0 Å². The fourth-order valence-electron chi connectivity index (χ4n) is 2.58. The quantitative estimate of drug-likeness (QED) is 0.439. The molecule has 0 saturated carbocycles. The number of benzene rings is 1. The van der Waals surface area contributed by atoms with Crippen LogP contribution in [0.3, 0.4) is 0 Å². The summed E-state index contributed by atoms with van der Waals surface area (Å²) in [6.45, 7) is 0. The second-order valence-corrected chi connectivity index (χ2v) is 5.26. The van der Waals surface area contributed by atoms with Gasteiger partial charge in [0, 0.05) is 28.9 Å². The van der Waals surface area contributed by atoms with E-state index in [1.807, 2.05) is 18.2 Å². The average Bonchev–Trinajstić information content (AvgIpc) is 2.60. The molecule has 2 aromatic rings. The maximum atomic E-state index is 9.89. The molecular formula is C17H18N2O5. The Hall–Kier alpha value is -2.93. The highest BCUT2D eigenvalue weighted by molar-refractivity contribution is 5.92. The lowest BCUT2D eigenvalue weighted by Crippen LogP contribution is -2.09. The number of nitrogens with zero attached hydrogens (tertiary/aromatic N) is 1. The van der Waals surface area contributed by atoms with Gasteiger partial charge in [0.05, 0.1) is 5.52 Å². The molecule has 24 heavy (non-hydrogen) atoms. The predicted molar refractivity (Wildman–Crippen MR) is 88.3 cm³/mol. The molecule has 7 nitrogen and oxygen atoms in total. The lowest BCUT2D eigenvalue weighted by atomic mass is 9.93. The van der Waals surface area contributed by atoms with E-state index in [2.05, 4.69) is 11.0 Å². The van der Waals surface area contributed by atoms with Gasteiger partial charge in [-0.15, -0.1) is 0 Å². The summed E-state index contributed by atoms with van der Waals surface area (Å²) in [6, 6.07) is 8.15. The molecule has 0 aliphatic heterocycles. The summed E-state index contributed by atoms with van der Waals surface area (Å²) >= 11 is 0. The summed E-state index contributed by atoms with van der Waals surface area (Å²) in [4.78, 5) is 27.3. The van der Waals surface area contributed by atoms with Gasteiger partial charge in [-0.25, -0.2) is 9.59 Å². The molecule has 1 aromatic heterocycles. The Labute approximate surface area is 138 Å². The third kappa shape index (κ3) is 4.30. The molecule has 1 aliphatic rings. The lowest BCUT2D eigenvalue weighted by Gasteiger charge is -2.18. The highest BCUT2D eigenvalue weighted by Crippen LogP contribution is 2.30. The summed E-state index contributed by atoms with van der Waals surface area (Å²) in [6.07, 6.45) is 5.82. The molecule has 0 bridgehead atoms. The first-order valence-electron chi connectivity index (χ1n) is 7.45. The number of para-hydroxylation sites is 1. The first-order chi connectivity index (χ1) is 11.5. The van der Waals surface area contributed by atoms with Crippen molar-refractivity contribution >= 4 is 28.5 Å². The standard InChI is InChI=1S/C13H14N2.C4H4O5/c14-13-9-5-1-3-7-11(9)15-12-8-4-2-6-10(12)13;5-3(6)1-2-4(7)9-8/h1,3,5,7H,2,4,6,8H2,(H2,14,15);1-2,8H,(H,5,6). The molecule has 1 heterocycles. The fraction of sp³-hybridized carbons (Fsp3) is 0.235. The minimum absolute atomic E-state index is 0.554. The van der Waals surface area contributed by atoms with Crippen LogP contribution < -0.4 is 5.73 Å². The van der Waals surface area contributed by atoms with Crippen molar-refractivity contribution in [1.29, 1.82) is 0 Å². The Balaban J connectivity index is 0.000000202. The molecule has 1 aliphatic carbocycles. The smallest absolute Gasteiger partial charge is 0.365 e. The van der Waals surface area contributed by atoms with Crippen LogP contribution in [0.1, 0.15) is 24.1 Å². The van der Waals surface area contributed by atoms with Crippen molar-refractivity contribution in [2.45, 2.75) is 25.7 Å².